The molecule has 2 aromatic carbocycles. The SMILES string of the molecule is Cc1cccc(-c2nsc3ccc(-n4c(=O)cc(C(F)(F)F)n(C)c4=O)cc23)c1. The van der Waals surface area contributed by atoms with Crippen LogP contribution in [0.15, 0.2) is 58.1 Å². The lowest BCUT2D eigenvalue weighted by Gasteiger charge is -2.14. The fraction of sp³-hybridized carbons (Fsp3) is 0.150. The van der Waals surface area contributed by atoms with E-state index in [-0.39, 0.29) is 5.69 Å². The Balaban J connectivity index is 1.95. The molecular weight excluding hydrogens is 403 g/mol. The normalized spacial score (nSPS) is 11.9. The molecule has 0 N–H and O–H groups in total. The molecule has 148 valence electrons. The summed E-state index contributed by atoms with van der Waals surface area (Å²) in [6.07, 6.45) is -4.80. The predicted molar refractivity (Wildman–Crippen MR) is 106 cm³/mol. The smallest absolute Gasteiger partial charge is 0.292 e. The van der Waals surface area contributed by atoms with Gasteiger partial charge in [0.25, 0.3) is 5.56 Å². The van der Waals surface area contributed by atoms with E-state index in [0.717, 1.165) is 27.4 Å². The van der Waals surface area contributed by atoms with E-state index in [4.69, 9.17) is 0 Å². The fourth-order valence-electron chi connectivity index (χ4n) is 3.20. The van der Waals surface area contributed by atoms with Crippen LogP contribution < -0.4 is 11.2 Å². The standard InChI is InChI=1S/C20H14F3N3O2S/c1-11-4-3-5-12(8-11)18-14-9-13(6-7-15(14)29-24-18)26-17(27)10-16(20(21,22)23)25(2)19(26)28/h3-10H,1-2H3. The first kappa shape index (κ1) is 19.1. The minimum Gasteiger partial charge on any atom is -0.292 e. The number of hydrogen-bond donors (Lipinski definition) is 0. The van der Waals surface area contributed by atoms with Gasteiger partial charge >= 0.3 is 11.9 Å². The van der Waals surface area contributed by atoms with E-state index >= 15 is 0 Å². The summed E-state index contributed by atoms with van der Waals surface area (Å²) >= 11 is 1.27. The number of aromatic nitrogens is 3. The molecule has 0 atom stereocenters. The Bertz CT molecular complexity index is 1370. The zero-order valence-corrected chi connectivity index (χ0v) is 16.1. The molecule has 9 heteroatoms. The van der Waals surface area contributed by atoms with Gasteiger partial charge in [-0.3, -0.25) is 9.36 Å². The molecule has 2 heterocycles. The maximum absolute atomic E-state index is 13.1. The van der Waals surface area contributed by atoms with Crippen molar-refractivity contribution in [2.24, 2.45) is 7.05 Å². The monoisotopic (exact) mass is 417 g/mol. The Morgan fingerprint density at radius 2 is 1.79 bits per heavy atom. The van der Waals surface area contributed by atoms with Crippen LogP contribution in [-0.4, -0.2) is 13.5 Å². The summed E-state index contributed by atoms with van der Waals surface area (Å²) in [7, 11) is 0.990. The summed E-state index contributed by atoms with van der Waals surface area (Å²) in [5.41, 5.74) is -0.598. The van der Waals surface area contributed by atoms with Gasteiger partial charge in [0.05, 0.1) is 16.1 Å². The van der Waals surface area contributed by atoms with Crippen molar-refractivity contribution in [1.82, 2.24) is 13.5 Å². The highest BCUT2D eigenvalue weighted by Crippen LogP contribution is 2.32. The zero-order valence-electron chi connectivity index (χ0n) is 15.3. The van der Waals surface area contributed by atoms with E-state index in [1.54, 1.807) is 12.1 Å². The van der Waals surface area contributed by atoms with Crippen LogP contribution >= 0.6 is 11.5 Å². The van der Waals surface area contributed by atoms with Crippen LogP contribution in [0, 0.1) is 6.92 Å². The number of alkyl halides is 3. The lowest BCUT2D eigenvalue weighted by Crippen LogP contribution is -2.40. The molecule has 4 rings (SSSR count). The molecule has 0 unspecified atom stereocenters. The molecule has 0 saturated carbocycles. The predicted octanol–water partition coefficient (Wildman–Crippen LogP) is 4.14. The summed E-state index contributed by atoms with van der Waals surface area (Å²) in [5, 5.41) is 0.715. The number of rotatable bonds is 2. The molecule has 0 spiro atoms. The van der Waals surface area contributed by atoms with Gasteiger partial charge in [0.15, 0.2) is 0 Å². The average molecular weight is 417 g/mol. The average Bonchev–Trinajstić information content (AvgIpc) is 3.07. The van der Waals surface area contributed by atoms with Crippen LogP contribution in [0.2, 0.25) is 0 Å². The molecule has 0 aliphatic carbocycles. The van der Waals surface area contributed by atoms with E-state index in [0.29, 0.717) is 21.7 Å². The van der Waals surface area contributed by atoms with E-state index in [1.807, 2.05) is 31.2 Å². The Morgan fingerprint density at radius 1 is 1.03 bits per heavy atom. The van der Waals surface area contributed by atoms with Crippen LogP contribution in [0.3, 0.4) is 0 Å². The summed E-state index contributed by atoms with van der Waals surface area (Å²) in [5.74, 6) is 0. The van der Waals surface area contributed by atoms with Crippen molar-refractivity contribution in [3.8, 4) is 16.9 Å². The van der Waals surface area contributed by atoms with Gasteiger partial charge in [-0.15, -0.1) is 0 Å². The third-order valence-electron chi connectivity index (χ3n) is 4.61. The molecule has 29 heavy (non-hydrogen) atoms. The van der Waals surface area contributed by atoms with Gasteiger partial charge in [-0.2, -0.15) is 17.5 Å². The van der Waals surface area contributed by atoms with Gasteiger partial charge in [0.2, 0.25) is 0 Å². The van der Waals surface area contributed by atoms with Gasteiger partial charge in [0, 0.05) is 24.1 Å². The lowest BCUT2D eigenvalue weighted by atomic mass is 10.1. The van der Waals surface area contributed by atoms with Crippen molar-refractivity contribution < 1.29 is 13.2 Å². The van der Waals surface area contributed by atoms with Gasteiger partial charge in [-0.25, -0.2) is 9.36 Å². The molecular formula is C20H14F3N3O2S. The Kier molecular flexibility index (Phi) is 4.42. The molecule has 0 radical (unpaired) electrons. The highest BCUT2D eigenvalue weighted by Gasteiger charge is 2.35. The summed E-state index contributed by atoms with van der Waals surface area (Å²) in [6.45, 7) is 1.95. The minimum atomic E-state index is -4.80. The summed E-state index contributed by atoms with van der Waals surface area (Å²) in [4.78, 5) is 24.9. The van der Waals surface area contributed by atoms with Crippen molar-refractivity contribution in [3.63, 3.8) is 0 Å². The number of nitrogens with zero attached hydrogens (tertiary/aromatic N) is 3. The van der Waals surface area contributed by atoms with Crippen molar-refractivity contribution in [2.45, 2.75) is 13.1 Å². The maximum atomic E-state index is 13.1. The van der Waals surface area contributed by atoms with Crippen LogP contribution in [0.1, 0.15) is 11.3 Å². The Hall–Kier alpha value is -3.20. The van der Waals surface area contributed by atoms with Gasteiger partial charge in [-0.05, 0) is 42.7 Å². The molecule has 0 aliphatic heterocycles. The molecule has 0 fully saturated rings. The largest absolute Gasteiger partial charge is 0.431 e. The van der Waals surface area contributed by atoms with E-state index in [2.05, 4.69) is 4.37 Å². The minimum absolute atomic E-state index is 0.186. The molecule has 0 bridgehead atoms. The van der Waals surface area contributed by atoms with Gasteiger partial charge in [-0.1, -0.05) is 23.8 Å². The molecule has 0 saturated heterocycles. The Labute approximate surface area is 166 Å². The Morgan fingerprint density at radius 3 is 2.48 bits per heavy atom. The lowest BCUT2D eigenvalue weighted by molar-refractivity contribution is -0.144. The third kappa shape index (κ3) is 3.27. The number of fused-ring (bicyclic) bond motifs is 1. The van der Waals surface area contributed by atoms with Crippen molar-refractivity contribution in [2.75, 3.05) is 0 Å². The second-order valence-corrected chi connectivity index (χ2v) is 7.43. The van der Waals surface area contributed by atoms with E-state index in [9.17, 15) is 22.8 Å². The van der Waals surface area contributed by atoms with Crippen LogP contribution in [0.4, 0.5) is 13.2 Å². The van der Waals surface area contributed by atoms with Gasteiger partial charge < -0.3 is 0 Å². The van der Waals surface area contributed by atoms with Crippen LogP contribution in [-0.2, 0) is 13.2 Å². The molecule has 0 aliphatic rings. The van der Waals surface area contributed by atoms with E-state index in [1.165, 1.54) is 17.6 Å². The summed E-state index contributed by atoms with van der Waals surface area (Å²) in [6, 6.07) is 13.0. The first-order valence-electron chi connectivity index (χ1n) is 8.54. The number of aryl methyl sites for hydroxylation is 1. The molecule has 2 aromatic heterocycles. The highest BCUT2D eigenvalue weighted by atomic mass is 32.1. The van der Waals surface area contributed by atoms with Gasteiger partial charge in [0.1, 0.15) is 5.69 Å². The zero-order chi connectivity index (χ0) is 20.9. The number of benzene rings is 2. The maximum Gasteiger partial charge on any atom is 0.431 e. The second-order valence-electron chi connectivity index (χ2n) is 6.62. The van der Waals surface area contributed by atoms with E-state index < -0.39 is 23.1 Å². The summed E-state index contributed by atoms with van der Waals surface area (Å²) < 4.78 is 45.7. The second kappa shape index (κ2) is 6.70. The number of hydrogen-bond acceptors (Lipinski definition) is 4. The molecule has 5 nitrogen and oxygen atoms in total. The topological polar surface area (TPSA) is 56.9 Å². The first-order chi connectivity index (χ1) is 13.7. The fourth-order valence-corrected chi connectivity index (χ4v) is 3.98. The quantitative estimate of drug-likeness (QED) is 0.493. The van der Waals surface area contributed by atoms with Crippen LogP contribution in [0.5, 0.6) is 0 Å². The molecule has 4 aromatic rings. The number of halogens is 3. The van der Waals surface area contributed by atoms with Crippen molar-refractivity contribution in [3.05, 3.63) is 80.6 Å². The highest BCUT2D eigenvalue weighted by molar-refractivity contribution is 7.13. The molecule has 0 amide bonds. The van der Waals surface area contributed by atoms with Crippen molar-refractivity contribution >= 4 is 21.6 Å². The van der Waals surface area contributed by atoms with Crippen molar-refractivity contribution in [1.29, 1.82) is 0 Å². The third-order valence-corrected chi connectivity index (χ3v) is 5.44. The first-order valence-corrected chi connectivity index (χ1v) is 9.31. The van der Waals surface area contributed by atoms with Crippen LogP contribution in [0.25, 0.3) is 27.0 Å².